The summed E-state index contributed by atoms with van der Waals surface area (Å²) >= 11 is 2.75. The smallest absolute Gasteiger partial charge is 0.272 e. The minimum absolute atomic E-state index is 0.0865. The summed E-state index contributed by atoms with van der Waals surface area (Å²) in [5.74, 6) is -0.309. The number of aromatic nitrogens is 1. The Labute approximate surface area is 339 Å². The number of nitrogens with zero attached hydrogens (tertiary/aromatic N) is 1. The van der Waals surface area contributed by atoms with Crippen molar-refractivity contribution in [3.05, 3.63) is 192 Å². The molecule has 6 aromatic carbocycles. The molecule has 3 amide bonds. The molecule has 1 unspecified atom stereocenters. The van der Waals surface area contributed by atoms with Crippen molar-refractivity contribution in [1.29, 1.82) is 0 Å². The number of nitrogens with one attached hydrogen (secondary N) is 3. The van der Waals surface area contributed by atoms with Crippen LogP contribution in [0.2, 0.25) is 0 Å². The third kappa shape index (κ3) is 10.3. The van der Waals surface area contributed by atoms with Gasteiger partial charge in [0.1, 0.15) is 16.7 Å². The van der Waals surface area contributed by atoms with Crippen molar-refractivity contribution in [1.82, 2.24) is 10.3 Å². The monoisotopic (exact) mass is 786 g/mol. The van der Waals surface area contributed by atoms with E-state index in [0.29, 0.717) is 23.0 Å². The Balaban J connectivity index is 1.05. The number of carbonyl (C=O) groups excluding carboxylic acids is 3. The number of hydrogen-bond acceptors (Lipinski definition) is 7. The minimum Gasteiger partial charge on any atom is -0.494 e. The van der Waals surface area contributed by atoms with Gasteiger partial charge in [-0.3, -0.25) is 14.4 Å². The van der Waals surface area contributed by atoms with E-state index in [-0.39, 0.29) is 11.6 Å². The number of thiazole rings is 1. The summed E-state index contributed by atoms with van der Waals surface area (Å²) in [6.45, 7) is 2.54. The lowest BCUT2D eigenvalue weighted by atomic mass is 10.0. The zero-order valence-corrected chi connectivity index (χ0v) is 32.6. The molecule has 7 rings (SSSR count). The van der Waals surface area contributed by atoms with E-state index in [9.17, 15) is 14.4 Å². The Bertz CT molecular complexity index is 2450. The second-order valence-corrected chi connectivity index (χ2v) is 14.8. The largest absolute Gasteiger partial charge is 0.494 e. The lowest BCUT2D eigenvalue weighted by Gasteiger charge is -2.17. The molecule has 0 saturated carbocycles. The van der Waals surface area contributed by atoms with Crippen LogP contribution in [0.3, 0.4) is 0 Å². The van der Waals surface area contributed by atoms with Crippen LogP contribution in [0.1, 0.15) is 33.7 Å². The van der Waals surface area contributed by atoms with Crippen LogP contribution in [0.15, 0.2) is 180 Å². The van der Waals surface area contributed by atoms with Crippen molar-refractivity contribution in [3.63, 3.8) is 0 Å². The molecule has 8 nitrogen and oxygen atoms in total. The summed E-state index contributed by atoms with van der Waals surface area (Å²) in [7, 11) is 0. The maximum atomic E-state index is 13.8. The normalized spacial score (nSPS) is 11.6. The Morgan fingerprint density at radius 2 is 1.32 bits per heavy atom. The van der Waals surface area contributed by atoms with Gasteiger partial charge in [0.2, 0.25) is 5.91 Å². The Morgan fingerprint density at radius 1 is 0.702 bits per heavy atom. The molecule has 10 heteroatoms. The fraction of sp³-hybridized carbons (Fsp3) is 0.0638. The van der Waals surface area contributed by atoms with Gasteiger partial charge in [0.15, 0.2) is 5.13 Å². The van der Waals surface area contributed by atoms with Crippen molar-refractivity contribution >= 4 is 57.7 Å². The molecule has 0 aliphatic heterocycles. The van der Waals surface area contributed by atoms with Gasteiger partial charge >= 0.3 is 0 Å². The topological polar surface area (TPSA) is 109 Å². The Kier molecular flexibility index (Phi) is 12.7. The molecule has 0 saturated heterocycles. The fourth-order valence-electron chi connectivity index (χ4n) is 5.89. The zero-order valence-electron chi connectivity index (χ0n) is 30.9. The summed E-state index contributed by atoms with van der Waals surface area (Å²) in [4.78, 5) is 46.3. The highest BCUT2D eigenvalue weighted by molar-refractivity contribution is 8.00. The number of carbonyl (C=O) groups is 3. The summed E-state index contributed by atoms with van der Waals surface area (Å²) < 4.78 is 5.55. The van der Waals surface area contributed by atoms with E-state index in [1.54, 1.807) is 42.5 Å². The molecule has 7 aromatic rings. The molecule has 1 aromatic heterocycles. The molecule has 1 atom stereocenters. The van der Waals surface area contributed by atoms with Crippen LogP contribution in [-0.2, 0) is 9.59 Å². The zero-order chi connectivity index (χ0) is 39.4. The average Bonchev–Trinajstić information content (AvgIpc) is 3.73. The van der Waals surface area contributed by atoms with Crippen LogP contribution < -0.4 is 20.7 Å². The molecule has 57 heavy (non-hydrogen) atoms. The van der Waals surface area contributed by atoms with E-state index >= 15 is 0 Å². The molecule has 3 N–H and O–H groups in total. The molecule has 282 valence electrons. The van der Waals surface area contributed by atoms with E-state index in [0.717, 1.165) is 44.2 Å². The van der Waals surface area contributed by atoms with Crippen LogP contribution in [0.4, 0.5) is 10.8 Å². The van der Waals surface area contributed by atoms with Crippen LogP contribution in [0.5, 0.6) is 5.75 Å². The van der Waals surface area contributed by atoms with Crippen LogP contribution in [-0.4, -0.2) is 29.3 Å². The van der Waals surface area contributed by atoms with Crippen molar-refractivity contribution in [2.24, 2.45) is 0 Å². The number of ether oxygens (including phenoxy) is 1. The third-order valence-electron chi connectivity index (χ3n) is 8.76. The maximum absolute atomic E-state index is 13.8. The Morgan fingerprint density at radius 3 is 1.98 bits per heavy atom. The van der Waals surface area contributed by atoms with Gasteiger partial charge in [0.05, 0.1) is 12.3 Å². The highest BCUT2D eigenvalue weighted by atomic mass is 32.2. The van der Waals surface area contributed by atoms with Crippen molar-refractivity contribution in [2.45, 2.75) is 17.1 Å². The van der Waals surface area contributed by atoms with Crippen LogP contribution in [0, 0.1) is 0 Å². The minimum atomic E-state index is -0.583. The first-order chi connectivity index (χ1) is 27.9. The van der Waals surface area contributed by atoms with Crippen LogP contribution >= 0.6 is 23.1 Å². The predicted molar refractivity (Wildman–Crippen MR) is 231 cm³/mol. The lowest BCUT2D eigenvalue weighted by Crippen LogP contribution is -2.30. The van der Waals surface area contributed by atoms with E-state index in [2.05, 4.69) is 20.9 Å². The quantitative estimate of drug-likeness (QED) is 0.0748. The average molecular weight is 787 g/mol. The van der Waals surface area contributed by atoms with Crippen LogP contribution in [0.25, 0.3) is 28.5 Å². The standard InChI is InChI=1S/C47H38N4O4S2/c1-2-55-39-26-22-35(23-27-39)42-31-56-47(50-42)51-46(54)43(36-14-8-4-9-15-36)57-40-28-24-38(25-29-40)48-45(53)41(49-44(52)37-16-10-5-11-17-37)30-32-18-20-34(21-19-32)33-12-6-3-7-13-33/h3-31,43H,2H2,1H3,(H,48,53)(H,49,52)(H,50,51,54)/b41-30-. The predicted octanol–water partition coefficient (Wildman–Crippen LogP) is 10.8. The number of amides is 3. The summed E-state index contributed by atoms with van der Waals surface area (Å²) in [5, 5.41) is 10.6. The fourth-order valence-corrected chi connectivity index (χ4v) is 7.63. The first-order valence-electron chi connectivity index (χ1n) is 18.3. The number of anilines is 2. The number of benzene rings is 6. The van der Waals surface area contributed by atoms with Crippen molar-refractivity contribution in [2.75, 3.05) is 17.2 Å². The van der Waals surface area contributed by atoms with Gasteiger partial charge in [-0.25, -0.2) is 4.98 Å². The van der Waals surface area contributed by atoms with Crippen molar-refractivity contribution < 1.29 is 19.1 Å². The van der Waals surface area contributed by atoms with Gasteiger partial charge in [0.25, 0.3) is 11.8 Å². The van der Waals surface area contributed by atoms with Gasteiger partial charge < -0.3 is 20.7 Å². The first kappa shape index (κ1) is 38.5. The SMILES string of the molecule is CCOc1ccc(-c2csc(NC(=O)C(Sc3ccc(NC(=O)/C(=C/c4ccc(-c5ccccc5)cc4)NC(=O)c4ccccc4)cc3)c3ccccc3)n2)cc1. The molecule has 0 bridgehead atoms. The molecule has 0 spiro atoms. The summed E-state index contributed by atoms with van der Waals surface area (Å²) in [6, 6.07) is 51.0. The second kappa shape index (κ2) is 18.7. The molecule has 0 radical (unpaired) electrons. The lowest BCUT2D eigenvalue weighted by molar-refractivity contribution is -0.116. The number of thioether (sulfide) groups is 1. The second-order valence-electron chi connectivity index (χ2n) is 12.7. The Hall–Kier alpha value is -6.75. The molecule has 1 heterocycles. The van der Waals surface area contributed by atoms with E-state index in [4.69, 9.17) is 4.74 Å². The van der Waals surface area contributed by atoms with E-state index in [1.807, 2.05) is 140 Å². The number of hydrogen-bond donors (Lipinski definition) is 3. The molecule has 0 aliphatic rings. The molecule has 0 fully saturated rings. The molecule has 0 aliphatic carbocycles. The van der Waals surface area contributed by atoms with Gasteiger partial charge in [-0.15, -0.1) is 23.1 Å². The van der Waals surface area contributed by atoms with Gasteiger partial charge in [0, 0.05) is 27.1 Å². The van der Waals surface area contributed by atoms with E-state index in [1.165, 1.54) is 23.1 Å². The van der Waals surface area contributed by atoms with Gasteiger partial charge in [-0.2, -0.15) is 0 Å². The number of rotatable bonds is 14. The maximum Gasteiger partial charge on any atom is 0.272 e. The van der Waals surface area contributed by atoms with E-state index < -0.39 is 17.1 Å². The summed E-state index contributed by atoms with van der Waals surface area (Å²) in [5.41, 5.74) is 6.42. The summed E-state index contributed by atoms with van der Waals surface area (Å²) in [6.07, 6.45) is 1.65. The highest BCUT2D eigenvalue weighted by Gasteiger charge is 2.24. The third-order valence-corrected chi connectivity index (χ3v) is 10.8. The highest BCUT2D eigenvalue weighted by Crippen LogP contribution is 2.37. The van der Waals surface area contributed by atoms with Gasteiger partial charge in [-0.05, 0) is 95.9 Å². The first-order valence-corrected chi connectivity index (χ1v) is 20.0. The van der Waals surface area contributed by atoms with Gasteiger partial charge in [-0.1, -0.05) is 103 Å². The van der Waals surface area contributed by atoms with Crippen molar-refractivity contribution in [3.8, 4) is 28.1 Å². The molecular formula is C47H38N4O4S2. The molecular weight excluding hydrogens is 749 g/mol.